The zero-order chi connectivity index (χ0) is 11.7. The van der Waals surface area contributed by atoms with Crippen LogP contribution in [0.2, 0.25) is 0 Å². The van der Waals surface area contributed by atoms with Crippen molar-refractivity contribution >= 4 is 22.1 Å². The molecule has 0 fully saturated rings. The van der Waals surface area contributed by atoms with Crippen molar-refractivity contribution in [1.29, 1.82) is 0 Å². The van der Waals surface area contributed by atoms with Crippen molar-refractivity contribution < 1.29 is 5.11 Å². The molecule has 0 amide bonds. The summed E-state index contributed by atoms with van der Waals surface area (Å²) in [7, 11) is 0. The fourth-order valence-electron chi connectivity index (χ4n) is 2.00. The van der Waals surface area contributed by atoms with E-state index in [4.69, 9.17) is 0 Å². The fraction of sp³-hybridized carbons (Fsp3) is 0.0667. The molecule has 0 saturated heterocycles. The zero-order valence-corrected chi connectivity index (χ0v) is 10.0. The van der Waals surface area contributed by atoms with Crippen molar-refractivity contribution in [2.45, 2.75) is 6.10 Å². The van der Waals surface area contributed by atoms with Gasteiger partial charge in [-0.1, -0.05) is 36.4 Å². The molecule has 0 aliphatic heterocycles. The van der Waals surface area contributed by atoms with E-state index in [0.717, 1.165) is 11.1 Å². The Bertz CT molecular complexity index is 628. The molecule has 1 heterocycles. The van der Waals surface area contributed by atoms with Crippen molar-refractivity contribution in [2.24, 2.45) is 0 Å². The SMILES string of the molecule is O[C@@H](c1ccsc1)c1ccc2ccccc2c1. The van der Waals surface area contributed by atoms with Crippen LogP contribution in [0.15, 0.2) is 59.3 Å². The number of fused-ring (bicyclic) bond motifs is 1. The zero-order valence-electron chi connectivity index (χ0n) is 9.21. The third kappa shape index (κ3) is 1.97. The predicted octanol–water partition coefficient (Wildman–Crippen LogP) is 3.98. The van der Waals surface area contributed by atoms with Crippen LogP contribution in [0.4, 0.5) is 0 Å². The standard InChI is InChI=1S/C15H12OS/c16-15(14-7-8-17-10-14)13-6-5-11-3-1-2-4-12(11)9-13/h1-10,15-16H/t15-/m1/s1. The Morgan fingerprint density at radius 3 is 2.47 bits per heavy atom. The van der Waals surface area contributed by atoms with Crippen LogP contribution in [-0.2, 0) is 0 Å². The van der Waals surface area contributed by atoms with E-state index in [1.165, 1.54) is 10.8 Å². The molecule has 0 aliphatic rings. The molecule has 84 valence electrons. The van der Waals surface area contributed by atoms with Crippen LogP contribution < -0.4 is 0 Å². The fourth-order valence-corrected chi connectivity index (χ4v) is 2.68. The van der Waals surface area contributed by atoms with Crippen LogP contribution in [0.5, 0.6) is 0 Å². The average molecular weight is 240 g/mol. The van der Waals surface area contributed by atoms with E-state index in [0.29, 0.717) is 0 Å². The maximum absolute atomic E-state index is 10.2. The highest BCUT2D eigenvalue weighted by molar-refractivity contribution is 7.07. The maximum atomic E-state index is 10.2. The van der Waals surface area contributed by atoms with Gasteiger partial charge in [-0.15, -0.1) is 0 Å². The molecule has 0 radical (unpaired) electrons. The third-order valence-corrected chi connectivity index (χ3v) is 3.65. The number of thiophene rings is 1. The molecule has 1 aromatic heterocycles. The van der Waals surface area contributed by atoms with Gasteiger partial charge in [-0.2, -0.15) is 11.3 Å². The molecule has 3 aromatic rings. The first kappa shape index (κ1) is 10.5. The van der Waals surface area contributed by atoms with E-state index >= 15 is 0 Å². The topological polar surface area (TPSA) is 20.2 Å². The molecule has 0 unspecified atom stereocenters. The summed E-state index contributed by atoms with van der Waals surface area (Å²) < 4.78 is 0. The quantitative estimate of drug-likeness (QED) is 0.718. The van der Waals surface area contributed by atoms with E-state index < -0.39 is 6.10 Å². The Morgan fingerprint density at radius 2 is 1.71 bits per heavy atom. The summed E-state index contributed by atoms with van der Waals surface area (Å²) in [5.41, 5.74) is 1.91. The Balaban J connectivity index is 2.06. The van der Waals surface area contributed by atoms with E-state index in [1.807, 2.05) is 35.0 Å². The van der Waals surface area contributed by atoms with Gasteiger partial charge in [0.15, 0.2) is 0 Å². The second-order valence-electron chi connectivity index (χ2n) is 4.07. The average Bonchev–Trinajstić information content (AvgIpc) is 2.91. The predicted molar refractivity (Wildman–Crippen MR) is 72.3 cm³/mol. The lowest BCUT2D eigenvalue weighted by Gasteiger charge is -2.10. The number of hydrogen-bond acceptors (Lipinski definition) is 2. The van der Waals surface area contributed by atoms with Crippen molar-refractivity contribution in [3.63, 3.8) is 0 Å². The van der Waals surface area contributed by atoms with Crippen LogP contribution in [0.1, 0.15) is 17.2 Å². The summed E-state index contributed by atoms with van der Waals surface area (Å²) >= 11 is 1.61. The summed E-state index contributed by atoms with van der Waals surface area (Å²) in [6, 6.07) is 16.3. The van der Waals surface area contributed by atoms with Crippen LogP contribution >= 0.6 is 11.3 Å². The van der Waals surface area contributed by atoms with E-state index in [9.17, 15) is 5.11 Å². The third-order valence-electron chi connectivity index (χ3n) is 2.95. The van der Waals surface area contributed by atoms with Gasteiger partial charge < -0.3 is 5.11 Å². The van der Waals surface area contributed by atoms with Gasteiger partial charge in [0, 0.05) is 0 Å². The normalized spacial score (nSPS) is 12.8. The van der Waals surface area contributed by atoms with Gasteiger partial charge in [-0.25, -0.2) is 0 Å². The number of aliphatic hydroxyl groups is 1. The van der Waals surface area contributed by atoms with Gasteiger partial charge in [0.1, 0.15) is 6.10 Å². The lowest BCUT2D eigenvalue weighted by Crippen LogP contribution is -1.97. The van der Waals surface area contributed by atoms with Crippen LogP contribution in [-0.4, -0.2) is 5.11 Å². The number of rotatable bonds is 2. The van der Waals surface area contributed by atoms with Crippen molar-refractivity contribution in [3.8, 4) is 0 Å². The van der Waals surface area contributed by atoms with Crippen LogP contribution in [0.3, 0.4) is 0 Å². The summed E-state index contributed by atoms with van der Waals surface area (Å²) in [5, 5.41) is 16.6. The van der Waals surface area contributed by atoms with E-state index in [-0.39, 0.29) is 0 Å². The Kier molecular flexibility index (Phi) is 2.67. The van der Waals surface area contributed by atoms with Crippen LogP contribution in [0, 0.1) is 0 Å². The lowest BCUT2D eigenvalue weighted by molar-refractivity contribution is 0.221. The highest BCUT2D eigenvalue weighted by atomic mass is 32.1. The molecule has 0 saturated carbocycles. The van der Waals surface area contributed by atoms with Crippen molar-refractivity contribution in [1.82, 2.24) is 0 Å². The molecule has 0 bridgehead atoms. The molecule has 2 heteroatoms. The first-order valence-electron chi connectivity index (χ1n) is 5.53. The lowest BCUT2D eigenvalue weighted by atomic mass is 10.0. The van der Waals surface area contributed by atoms with Gasteiger partial charge in [0.2, 0.25) is 0 Å². The highest BCUT2D eigenvalue weighted by Crippen LogP contribution is 2.26. The summed E-state index contributed by atoms with van der Waals surface area (Å²) in [4.78, 5) is 0. The second kappa shape index (κ2) is 4.32. The van der Waals surface area contributed by atoms with Gasteiger partial charge in [0.25, 0.3) is 0 Å². The molecule has 17 heavy (non-hydrogen) atoms. The first-order chi connectivity index (χ1) is 8.34. The number of aliphatic hydroxyl groups excluding tert-OH is 1. The number of hydrogen-bond donors (Lipinski definition) is 1. The molecule has 2 aromatic carbocycles. The summed E-state index contributed by atoms with van der Waals surface area (Å²) in [6.45, 7) is 0. The van der Waals surface area contributed by atoms with E-state index in [1.54, 1.807) is 11.3 Å². The molecule has 0 spiro atoms. The largest absolute Gasteiger partial charge is 0.384 e. The minimum Gasteiger partial charge on any atom is -0.384 e. The monoisotopic (exact) mass is 240 g/mol. The Morgan fingerprint density at radius 1 is 0.882 bits per heavy atom. The molecule has 1 N–H and O–H groups in total. The van der Waals surface area contributed by atoms with E-state index in [2.05, 4.69) is 24.3 Å². The van der Waals surface area contributed by atoms with Gasteiger partial charge in [-0.3, -0.25) is 0 Å². The van der Waals surface area contributed by atoms with Crippen LogP contribution in [0.25, 0.3) is 10.8 Å². The second-order valence-corrected chi connectivity index (χ2v) is 4.85. The first-order valence-corrected chi connectivity index (χ1v) is 6.48. The molecule has 0 aliphatic carbocycles. The summed E-state index contributed by atoms with van der Waals surface area (Å²) in [5.74, 6) is 0. The Hall–Kier alpha value is -1.64. The van der Waals surface area contributed by atoms with Gasteiger partial charge in [-0.05, 0) is 44.8 Å². The smallest absolute Gasteiger partial charge is 0.105 e. The Labute approximate surface area is 104 Å². The maximum Gasteiger partial charge on any atom is 0.105 e. The minimum atomic E-state index is -0.522. The number of benzene rings is 2. The highest BCUT2D eigenvalue weighted by Gasteiger charge is 2.10. The molecule has 3 rings (SSSR count). The summed E-state index contributed by atoms with van der Waals surface area (Å²) in [6.07, 6.45) is -0.522. The van der Waals surface area contributed by atoms with Gasteiger partial charge >= 0.3 is 0 Å². The molecular formula is C15H12OS. The van der Waals surface area contributed by atoms with Gasteiger partial charge in [0.05, 0.1) is 0 Å². The molecular weight excluding hydrogens is 228 g/mol. The van der Waals surface area contributed by atoms with Crippen molar-refractivity contribution in [3.05, 3.63) is 70.4 Å². The van der Waals surface area contributed by atoms with Crippen molar-refractivity contribution in [2.75, 3.05) is 0 Å². The molecule has 1 nitrogen and oxygen atoms in total. The molecule has 1 atom stereocenters. The minimum absolute atomic E-state index is 0.522.